The molecule has 1 aromatic heterocycles. The number of rotatable bonds is 7. The van der Waals surface area contributed by atoms with Crippen molar-refractivity contribution in [2.24, 2.45) is 0 Å². The van der Waals surface area contributed by atoms with Crippen molar-refractivity contribution in [2.45, 2.75) is 18.3 Å². The zero-order valence-electron chi connectivity index (χ0n) is 18.3. The average Bonchev–Trinajstić information content (AvgIpc) is 3.52. The molecule has 7 heteroatoms. The Bertz CT molecular complexity index is 1200. The molecule has 6 rings (SSSR count). The van der Waals surface area contributed by atoms with Gasteiger partial charge in [-0.25, -0.2) is 0 Å². The van der Waals surface area contributed by atoms with E-state index >= 15 is 0 Å². The Balaban J connectivity index is 1.18. The van der Waals surface area contributed by atoms with Crippen molar-refractivity contribution in [1.29, 1.82) is 0 Å². The third kappa shape index (κ3) is 3.23. The van der Waals surface area contributed by atoms with Gasteiger partial charge < -0.3 is 24.4 Å². The number of carbonyl (C=O) groups excluding carboxylic acids is 1. The number of nitrogens with zero attached hydrogens (tertiary/aromatic N) is 2. The lowest BCUT2D eigenvalue weighted by Gasteiger charge is -2.23. The van der Waals surface area contributed by atoms with Crippen LogP contribution in [0.25, 0.3) is 0 Å². The van der Waals surface area contributed by atoms with E-state index in [-0.39, 0.29) is 12.7 Å². The zero-order valence-corrected chi connectivity index (χ0v) is 18.3. The molecule has 1 amide bonds. The minimum Gasteiger partial charge on any atom is -0.491 e. The molecule has 3 aliphatic heterocycles. The predicted molar refractivity (Wildman–Crippen MR) is 123 cm³/mol. The molecular formula is C26H25N3O4. The number of para-hydroxylation sites is 1. The number of pyridine rings is 1. The van der Waals surface area contributed by atoms with Crippen molar-refractivity contribution in [3.05, 3.63) is 77.6 Å². The molecule has 1 atom stereocenters. The van der Waals surface area contributed by atoms with E-state index in [1.807, 2.05) is 65.7 Å². The molecular weight excluding hydrogens is 418 g/mol. The van der Waals surface area contributed by atoms with Crippen LogP contribution in [-0.2, 0) is 16.6 Å². The molecule has 0 saturated carbocycles. The molecule has 1 N–H and O–H groups in total. The van der Waals surface area contributed by atoms with Crippen molar-refractivity contribution >= 4 is 11.6 Å². The fourth-order valence-electron chi connectivity index (χ4n) is 5.04. The van der Waals surface area contributed by atoms with Crippen LogP contribution in [0.1, 0.15) is 23.2 Å². The van der Waals surface area contributed by atoms with Crippen LogP contribution in [0.4, 0.5) is 5.69 Å². The van der Waals surface area contributed by atoms with Crippen LogP contribution in [0.5, 0.6) is 17.2 Å². The lowest BCUT2D eigenvalue weighted by atomic mass is 9.77. The summed E-state index contributed by atoms with van der Waals surface area (Å²) in [7, 11) is 0. The number of anilines is 1. The highest BCUT2D eigenvalue weighted by Gasteiger charge is 2.57. The van der Waals surface area contributed by atoms with Gasteiger partial charge >= 0.3 is 0 Å². The number of aromatic nitrogens is 1. The first-order valence-electron chi connectivity index (χ1n) is 11.4. The molecule has 0 bridgehead atoms. The Hall–Kier alpha value is -3.58. The molecule has 3 aliphatic rings. The Labute approximate surface area is 192 Å². The van der Waals surface area contributed by atoms with E-state index in [1.165, 1.54) is 0 Å². The summed E-state index contributed by atoms with van der Waals surface area (Å²) >= 11 is 0. The number of fused-ring (bicyclic) bond motifs is 5. The van der Waals surface area contributed by atoms with E-state index in [0.717, 1.165) is 48.4 Å². The van der Waals surface area contributed by atoms with Gasteiger partial charge in [-0.05, 0) is 42.8 Å². The van der Waals surface area contributed by atoms with Gasteiger partial charge in [0.2, 0.25) is 12.7 Å². The van der Waals surface area contributed by atoms with Crippen LogP contribution in [0.3, 0.4) is 0 Å². The molecule has 0 aliphatic carbocycles. The maximum atomic E-state index is 13.9. The SMILES string of the molecule is O=C1N(CCCNCCc2ccccn2)c2ccccc2C12COc1cc3c(cc12)OCO3. The van der Waals surface area contributed by atoms with Gasteiger partial charge in [0.05, 0.1) is 0 Å². The van der Waals surface area contributed by atoms with Gasteiger partial charge in [0, 0.05) is 48.7 Å². The van der Waals surface area contributed by atoms with Crippen molar-refractivity contribution in [1.82, 2.24) is 10.3 Å². The lowest BCUT2D eigenvalue weighted by Crippen LogP contribution is -2.43. The number of carbonyl (C=O) groups is 1. The van der Waals surface area contributed by atoms with Crippen molar-refractivity contribution in [3.8, 4) is 17.2 Å². The third-order valence-electron chi connectivity index (χ3n) is 6.66. The number of ether oxygens (including phenoxy) is 3. The molecule has 0 fully saturated rings. The quantitative estimate of drug-likeness (QED) is 0.566. The van der Waals surface area contributed by atoms with Gasteiger partial charge in [-0.1, -0.05) is 24.3 Å². The fourth-order valence-corrected chi connectivity index (χ4v) is 5.04. The molecule has 4 heterocycles. The van der Waals surface area contributed by atoms with Crippen molar-refractivity contribution < 1.29 is 19.0 Å². The van der Waals surface area contributed by atoms with Crippen molar-refractivity contribution in [3.63, 3.8) is 0 Å². The molecule has 1 spiro atoms. The monoisotopic (exact) mass is 443 g/mol. The summed E-state index contributed by atoms with van der Waals surface area (Å²) in [5.74, 6) is 2.09. The first-order valence-corrected chi connectivity index (χ1v) is 11.4. The van der Waals surface area contributed by atoms with Gasteiger partial charge in [0.1, 0.15) is 17.8 Å². The number of amides is 1. The maximum absolute atomic E-state index is 13.9. The summed E-state index contributed by atoms with van der Waals surface area (Å²) < 4.78 is 17.1. The Morgan fingerprint density at radius 2 is 1.79 bits per heavy atom. The largest absolute Gasteiger partial charge is 0.491 e. The Kier molecular flexibility index (Phi) is 4.91. The molecule has 0 saturated heterocycles. The summed E-state index contributed by atoms with van der Waals surface area (Å²) in [5.41, 5.74) is 3.07. The van der Waals surface area contributed by atoms with Crippen LogP contribution >= 0.6 is 0 Å². The van der Waals surface area contributed by atoms with Gasteiger partial charge in [-0.2, -0.15) is 0 Å². The van der Waals surface area contributed by atoms with Gasteiger partial charge in [-0.15, -0.1) is 0 Å². The topological polar surface area (TPSA) is 72.9 Å². The van der Waals surface area contributed by atoms with Crippen LogP contribution in [0.2, 0.25) is 0 Å². The summed E-state index contributed by atoms with van der Waals surface area (Å²) in [5, 5.41) is 3.47. The van der Waals surface area contributed by atoms with E-state index in [0.29, 0.717) is 30.4 Å². The van der Waals surface area contributed by atoms with Crippen LogP contribution in [-0.4, -0.2) is 43.9 Å². The van der Waals surface area contributed by atoms with Gasteiger partial charge in [0.25, 0.3) is 0 Å². The van der Waals surface area contributed by atoms with Crippen molar-refractivity contribution in [2.75, 3.05) is 37.9 Å². The molecule has 2 aromatic carbocycles. The number of benzene rings is 2. The first kappa shape index (κ1) is 20.1. The highest BCUT2D eigenvalue weighted by molar-refractivity contribution is 6.11. The number of nitrogens with one attached hydrogen (secondary N) is 1. The minimum absolute atomic E-state index is 0.0646. The second-order valence-corrected chi connectivity index (χ2v) is 8.54. The van der Waals surface area contributed by atoms with Crippen LogP contribution < -0.4 is 24.4 Å². The molecule has 33 heavy (non-hydrogen) atoms. The third-order valence-corrected chi connectivity index (χ3v) is 6.66. The van der Waals surface area contributed by atoms with Crippen LogP contribution in [0.15, 0.2) is 60.8 Å². The maximum Gasteiger partial charge on any atom is 0.245 e. The summed E-state index contributed by atoms with van der Waals surface area (Å²) in [6, 6.07) is 17.8. The molecule has 1 unspecified atom stereocenters. The summed E-state index contributed by atoms with van der Waals surface area (Å²) in [6.45, 7) is 2.82. The lowest BCUT2D eigenvalue weighted by molar-refractivity contribution is -0.122. The van der Waals surface area contributed by atoms with E-state index in [1.54, 1.807) is 0 Å². The van der Waals surface area contributed by atoms with E-state index in [2.05, 4.69) is 10.3 Å². The molecule has 168 valence electrons. The summed E-state index contributed by atoms with van der Waals surface area (Å²) in [4.78, 5) is 20.2. The number of hydrogen-bond donors (Lipinski definition) is 1. The second kappa shape index (κ2) is 8.08. The molecule has 7 nitrogen and oxygen atoms in total. The minimum atomic E-state index is -0.834. The Morgan fingerprint density at radius 1 is 0.939 bits per heavy atom. The molecule has 0 radical (unpaired) electrons. The molecule has 3 aromatic rings. The normalized spacial score (nSPS) is 19.6. The number of hydrogen-bond acceptors (Lipinski definition) is 6. The standard InChI is InChI=1S/C26H25N3O4/c30-25-26(16-31-22-15-24-23(14-20(22)26)32-17-33-24)19-7-1-2-8-21(19)29(25)13-5-10-27-12-9-18-6-3-4-11-28-18/h1-4,6-8,11,14-15,27H,5,9-10,12-13,16-17H2. The van der Waals surface area contributed by atoms with E-state index < -0.39 is 5.41 Å². The van der Waals surface area contributed by atoms with E-state index in [9.17, 15) is 4.79 Å². The van der Waals surface area contributed by atoms with Gasteiger partial charge in [0.15, 0.2) is 11.5 Å². The Morgan fingerprint density at radius 3 is 2.67 bits per heavy atom. The highest BCUT2D eigenvalue weighted by atomic mass is 16.7. The predicted octanol–water partition coefficient (Wildman–Crippen LogP) is 3.06. The van der Waals surface area contributed by atoms with Gasteiger partial charge in [-0.3, -0.25) is 9.78 Å². The smallest absolute Gasteiger partial charge is 0.245 e. The average molecular weight is 444 g/mol. The zero-order chi connectivity index (χ0) is 22.3. The second-order valence-electron chi connectivity index (χ2n) is 8.54. The fraction of sp³-hybridized carbons (Fsp3) is 0.308. The first-order chi connectivity index (χ1) is 16.3. The van der Waals surface area contributed by atoms with E-state index in [4.69, 9.17) is 14.2 Å². The summed E-state index contributed by atoms with van der Waals surface area (Å²) in [6.07, 6.45) is 3.56. The highest BCUT2D eigenvalue weighted by Crippen LogP contribution is 2.54. The van der Waals surface area contributed by atoms with Crippen LogP contribution in [0, 0.1) is 0 Å².